The summed E-state index contributed by atoms with van der Waals surface area (Å²) < 4.78 is 24.8. The second-order valence-electron chi connectivity index (χ2n) is 8.98. The van der Waals surface area contributed by atoms with Gasteiger partial charge in [-0.05, 0) is 66.6 Å². The zero-order valence-electron chi connectivity index (χ0n) is 22.5. The molecule has 2 N–H and O–H groups in total. The summed E-state index contributed by atoms with van der Waals surface area (Å²) in [6.07, 6.45) is 1.47. The van der Waals surface area contributed by atoms with Gasteiger partial charge in [0.05, 0.1) is 23.5 Å². The average molecular weight is 601 g/mol. The highest BCUT2D eigenvalue weighted by Gasteiger charge is 2.13. The van der Waals surface area contributed by atoms with Crippen molar-refractivity contribution >= 4 is 45.9 Å². The molecular weight excluding hydrogens is 575 g/mol. The fourth-order valence-electron chi connectivity index (χ4n) is 3.93. The summed E-state index contributed by atoms with van der Waals surface area (Å²) in [5.74, 6) is 0.117. The predicted octanol–water partition coefficient (Wildman–Crippen LogP) is 8.09. The Labute approximate surface area is 251 Å². The van der Waals surface area contributed by atoms with Crippen molar-refractivity contribution in [1.29, 1.82) is 0 Å². The summed E-state index contributed by atoms with van der Waals surface area (Å²) in [5, 5.41) is 10.4. The van der Waals surface area contributed by atoms with E-state index in [1.165, 1.54) is 29.7 Å². The van der Waals surface area contributed by atoms with Gasteiger partial charge in [-0.2, -0.15) is 5.10 Å². The molecule has 0 spiro atoms. The monoisotopic (exact) mass is 600 g/mol. The Hall–Kier alpha value is -4.73. The topological polar surface area (TPSA) is 84.8 Å². The summed E-state index contributed by atoms with van der Waals surface area (Å²) in [4.78, 5) is 17.3. The lowest BCUT2D eigenvalue weighted by atomic mass is 10.1. The Kier molecular flexibility index (Phi) is 9.43. The maximum atomic E-state index is 13.2. The largest absolute Gasteiger partial charge is 0.490 e. The molecule has 4 aromatic carbocycles. The molecule has 5 rings (SSSR count). The van der Waals surface area contributed by atoms with Crippen molar-refractivity contribution in [2.75, 3.05) is 11.9 Å². The average Bonchev–Trinajstić information content (AvgIpc) is 3.47. The van der Waals surface area contributed by atoms with Crippen molar-refractivity contribution in [2.45, 2.75) is 13.5 Å². The molecule has 0 saturated heterocycles. The molecular formula is C32H26ClFN4O3S. The number of thiazole rings is 1. The number of aromatic nitrogens is 1. The van der Waals surface area contributed by atoms with Gasteiger partial charge in [0.1, 0.15) is 12.4 Å². The van der Waals surface area contributed by atoms with Gasteiger partial charge in [-0.3, -0.25) is 4.79 Å². The molecule has 0 radical (unpaired) electrons. The first-order valence-electron chi connectivity index (χ1n) is 13.0. The maximum absolute atomic E-state index is 13.2. The SMILES string of the molecule is CCOc1cc(/C=N\NC(=O)c2ccc(-c3csc(Nc4ccccc4)n3)cc2)cc(Cl)c1OCc1ccc(F)cc1. The third kappa shape index (κ3) is 7.51. The normalized spacial score (nSPS) is 10.9. The fraction of sp³-hybridized carbons (Fsp3) is 0.0938. The Morgan fingerprint density at radius 3 is 2.52 bits per heavy atom. The number of benzene rings is 4. The number of para-hydroxylation sites is 1. The smallest absolute Gasteiger partial charge is 0.271 e. The lowest BCUT2D eigenvalue weighted by Crippen LogP contribution is -2.17. The van der Waals surface area contributed by atoms with Crippen molar-refractivity contribution < 1.29 is 18.7 Å². The third-order valence-corrected chi connectivity index (χ3v) is 7.02. The third-order valence-electron chi connectivity index (χ3n) is 5.98. The Balaban J connectivity index is 1.20. The van der Waals surface area contributed by atoms with Crippen LogP contribution in [0.2, 0.25) is 5.02 Å². The molecule has 0 bridgehead atoms. The maximum Gasteiger partial charge on any atom is 0.271 e. The van der Waals surface area contributed by atoms with Gasteiger partial charge in [0.15, 0.2) is 16.6 Å². The Morgan fingerprint density at radius 2 is 1.79 bits per heavy atom. The van der Waals surface area contributed by atoms with Gasteiger partial charge in [-0.15, -0.1) is 11.3 Å². The van der Waals surface area contributed by atoms with E-state index < -0.39 is 0 Å². The van der Waals surface area contributed by atoms with Gasteiger partial charge in [0.2, 0.25) is 0 Å². The molecule has 0 aliphatic heterocycles. The summed E-state index contributed by atoms with van der Waals surface area (Å²) in [6, 6.07) is 26.4. The van der Waals surface area contributed by atoms with Crippen molar-refractivity contribution in [2.24, 2.45) is 5.10 Å². The van der Waals surface area contributed by atoms with E-state index in [0.717, 1.165) is 27.6 Å². The van der Waals surface area contributed by atoms with Gasteiger partial charge in [0, 0.05) is 22.2 Å². The van der Waals surface area contributed by atoms with E-state index >= 15 is 0 Å². The molecule has 0 fully saturated rings. The van der Waals surface area contributed by atoms with E-state index in [0.29, 0.717) is 34.3 Å². The Morgan fingerprint density at radius 1 is 1.02 bits per heavy atom. The highest BCUT2D eigenvalue weighted by molar-refractivity contribution is 7.14. The summed E-state index contributed by atoms with van der Waals surface area (Å²) >= 11 is 7.99. The van der Waals surface area contributed by atoms with Crippen molar-refractivity contribution in [3.63, 3.8) is 0 Å². The van der Waals surface area contributed by atoms with Gasteiger partial charge < -0.3 is 14.8 Å². The highest BCUT2D eigenvalue weighted by atomic mass is 35.5. The van der Waals surface area contributed by atoms with E-state index in [4.69, 9.17) is 21.1 Å². The molecule has 0 aliphatic rings. The minimum Gasteiger partial charge on any atom is -0.490 e. The van der Waals surface area contributed by atoms with Crippen molar-refractivity contribution in [1.82, 2.24) is 10.4 Å². The highest BCUT2D eigenvalue weighted by Crippen LogP contribution is 2.37. The van der Waals surface area contributed by atoms with Crippen LogP contribution in [0, 0.1) is 5.82 Å². The number of halogens is 2. The summed E-state index contributed by atoms with van der Waals surface area (Å²) in [6.45, 7) is 2.43. The van der Waals surface area contributed by atoms with Crippen LogP contribution >= 0.6 is 22.9 Å². The van der Waals surface area contributed by atoms with E-state index in [1.807, 2.05) is 54.8 Å². The number of nitrogens with one attached hydrogen (secondary N) is 2. The molecule has 7 nitrogen and oxygen atoms in total. The number of carbonyl (C=O) groups is 1. The number of anilines is 2. The first-order valence-corrected chi connectivity index (χ1v) is 14.3. The Bertz CT molecular complexity index is 1680. The predicted molar refractivity (Wildman–Crippen MR) is 166 cm³/mol. The molecule has 0 aliphatic carbocycles. The number of hydrogen-bond acceptors (Lipinski definition) is 7. The summed E-state index contributed by atoms with van der Waals surface area (Å²) in [7, 11) is 0. The van der Waals surface area contributed by atoms with Crippen LogP contribution in [0.5, 0.6) is 11.5 Å². The molecule has 1 amide bonds. The number of hydrazone groups is 1. The number of rotatable bonds is 11. The quantitative estimate of drug-likeness (QED) is 0.118. The van der Waals surface area contributed by atoms with Crippen LogP contribution < -0.4 is 20.2 Å². The van der Waals surface area contributed by atoms with Crippen LogP contribution in [0.4, 0.5) is 15.2 Å². The molecule has 0 unspecified atom stereocenters. The zero-order valence-corrected chi connectivity index (χ0v) is 24.1. The van der Waals surface area contributed by atoms with E-state index in [2.05, 4.69) is 20.8 Å². The van der Waals surface area contributed by atoms with Crippen molar-refractivity contribution in [3.8, 4) is 22.8 Å². The number of hydrogen-bond donors (Lipinski definition) is 2. The minimum absolute atomic E-state index is 0.191. The second kappa shape index (κ2) is 13.8. The molecule has 1 aromatic heterocycles. The molecule has 0 saturated carbocycles. The zero-order chi connectivity index (χ0) is 29.3. The first-order chi connectivity index (χ1) is 20.5. The van der Waals surface area contributed by atoms with Gasteiger partial charge in [-0.1, -0.05) is 54.1 Å². The van der Waals surface area contributed by atoms with Gasteiger partial charge >= 0.3 is 0 Å². The van der Waals surface area contributed by atoms with Crippen LogP contribution in [-0.2, 0) is 6.61 Å². The van der Waals surface area contributed by atoms with Crippen LogP contribution in [-0.4, -0.2) is 23.7 Å². The number of ether oxygens (including phenoxy) is 2. The number of carbonyl (C=O) groups excluding carboxylic acids is 1. The van der Waals surface area contributed by atoms with E-state index in [9.17, 15) is 9.18 Å². The lowest BCUT2D eigenvalue weighted by molar-refractivity contribution is 0.0955. The molecule has 10 heteroatoms. The van der Waals surface area contributed by atoms with Crippen LogP contribution in [0.25, 0.3) is 11.3 Å². The fourth-order valence-corrected chi connectivity index (χ4v) is 4.95. The molecule has 5 aromatic rings. The lowest BCUT2D eigenvalue weighted by Gasteiger charge is -2.14. The molecule has 42 heavy (non-hydrogen) atoms. The minimum atomic E-state index is -0.363. The van der Waals surface area contributed by atoms with Gasteiger partial charge in [-0.25, -0.2) is 14.8 Å². The standard InChI is InChI=1S/C32H26ClFN4O3S/c1-2-40-29-17-22(16-27(33)30(29)41-19-21-8-14-25(34)15-9-21)18-35-38-31(39)24-12-10-23(11-13-24)28-20-42-32(37-28)36-26-6-4-3-5-7-26/h3-18,20H,2,19H2,1H3,(H,36,37)(H,38,39)/b35-18-. The van der Waals surface area contributed by atoms with Crippen molar-refractivity contribution in [3.05, 3.63) is 124 Å². The number of nitrogens with zero attached hydrogens (tertiary/aromatic N) is 2. The summed E-state index contributed by atoms with van der Waals surface area (Å²) in [5.41, 5.74) is 7.06. The molecule has 1 heterocycles. The van der Waals surface area contributed by atoms with Gasteiger partial charge in [0.25, 0.3) is 5.91 Å². The van der Waals surface area contributed by atoms with E-state index in [1.54, 1.807) is 36.4 Å². The van der Waals surface area contributed by atoms with Crippen LogP contribution in [0.3, 0.4) is 0 Å². The molecule has 212 valence electrons. The molecule has 0 atom stereocenters. The van der Waals surface area contributed by atoms with E-state index in [-0.39, 0.29) is 18.3 Å². The second-order valence-corrected chi connectivity index (χ2v) is 10.2. The first kappa shape index (κ1) is 28.8. The number of amides is 1. The van der Waals surface area contributed by atoms with Crippen LogP contribution in [0.15, 0.2) is 101 Å². The van der Waals surface area contributed by atoms with Crippen LogP contribution in [0.1, 0.15) is 28.4 Å².